The average molecular weight is 281 g/mol. The average Bonchev–Trinajstić information content (AvgIpc) is 2.76. The first-order valence-electron chi connectivity index (χ1n) is 6.47. The minimum atomic E-state index is -0.385. The molecule has 1 saturated heterocycles. The van der Waals surface area contributed by atoms with Crippen molar-refractivity contribution in [3.63, 3.8) is 0 Å². The fourth-order valence-corrected chi connectivity index (χ4v) is 2.66. The molecule has 4 heteroatoms. The third-order valence-corrected chi connectivity index (χ3v) is 3.60. The van der Waals surface area contributed by atoms with E-state index in [1.807, 2.05) is 64.1 Å². The predicted octanol–water partition coefficient (Wildman–Crippen LogP) is 4.00. The second kappa shape index (κ2) is 7.43. The van der Waals surface area contributed by atoms with Gasteiger partial charge in [0.25, 0.3) is 0 Å². The van der Waals surface area contributed by atoms with E-state index >= 15 is 0 Å². The van der Waals surface area contributed by atoms with Crippen molar-refractivity contribution >= 4 is 17.9 Å². The van der Waals surface area contributed by atoms with Gasteiger partial charge in [0.1, 0.15) is 5.60 Å². The van der Waals surface area contributed by atoms with Gasteiger partial charge in [-0.05, 0) is 27.7 Å². The molecule has 0 aromatic heterocycles. The lowest BCUT2D eigenvalue weighted by molar-refractivity contribution is 0.0252. The number of ether oxygens (including phenoxy) is 1. The lowest BCUT2D eigenvalue weighted by atomic mass is 10.2. The molecule has 0 N–H and O–H groups in total. The van der Waals surface area contributed by atoms with E-state index in [-0.39, 0.29) is 11.7 Å². The Labute approximate surface area is 120 Å². The maximum Gasteiger partial charge on any atom is 0.411 e. The molecule has 1 heterocycles. The van der Waals surface area contributed by atoms with Crippen molar-refractivity contribution < 1.29 is 9.53 Å². The van der Waals surface area contributed by atoms with Gasteiger partial charge >= 0.3 is 6.09 Å². The molecule has 0 saturated carbocycles. The van der Waals surface area contributed by atoms with Crippen LogP contribution in [0, 0.1) is 0 Å². The summed E-state index contributed by atoms with van der Waals surface area (Å²) >= 11 is 1.77. The molecule has 0 spiro atoms. The van der Waals surface area contributed by atoms with E-state index in [9.17, 15) is 4.79 Å². The Kier molecular flexibility index (Phi) is 6.22. The first kappa shape index (κ1) is 15.9. The molecule has 0 aliphatic carbocycles. The molecule has 0 bridgehead atoms. The monoisotopic (exact) mass is 281 g/mol. The molecule has 1 aromatic carbocycles. The lowest BCUT2D eigenvalue weighted by Gasteiger charge is -2.26. The Morgan fingerprint density at radius 2 is 1.63 bits per heavy atom. The summed E-state index contributed by atoms with van der Waals surface area (Å²) in [5.41, 5.74) is -0.385. The third kappa shape index (κ3) is 6.53. The fourth-order valence-electron chi connectivity index (χ4n) is 1.48. The molecule has 3 nitrogen and oxygen atoms in total. The maximum absolute atomic E-state index is 11.6. The quantitative estimate of drug-likeness (QED) is 0.720. The summed E-state index contributed by atoms with van der Waals surface area (Å²) in [5.74, 6) is 1.77. The van der Waals surface area contributed by atoms with Crippen LogP contribution < -0.4 is 0 Å². The van der Waals surface area contributed by atoms with Crippen molar-refractivity contribution in [2.24, 2.45) is 0 Å². The molecule has 1 aromatic rings. The topological polar surface area (TPSA) is 29.5 Å². The van der Waals surface area contributed by atoms with Crippen molar-refractivity contribution in [3.8, 4) is 0 Å². The highest BCUT2D eigenvalue weighted by atomic mass is 32.2. The fraction of sp³-hybridized carbons (Fsp3) is 0.533. The largest absolute Gasteiger partial charge is 0.444 e. The number of benzene rings is 1. The normalized spacial score (nSPS) is 18.5. The van der Waals surface area contributed by atoms with Crippen molar-refractivity contribution in [2.45, 2.75) is 39.3 Å². The third-order valence-electron chi connectivity index (χ3n) is 2.42. The summed E-state index contributed by atoms with van der Waals surface area (Å²) in [5, 5.41) is 0. The van der Waals surface area contributed by atoms with Gasteiger partial charge in [-0.3, -0.25) is 4.90 Å². The van der Waals surface area contributed by atoms with Gasteiger partial charge in [0.15, 0.2) is 0 Å². The van der Waals surface area contributed by atoms with E-state index in [2.05, 4.69) is 0 Å². The standard InChI is InChI=1S/C9H17NO2S.C6H6/c1-7-5-13-6-10(7)8(11)12-9(2,3)4;1-2-4-6-5-3-1/h7H,5-6H2,1-4H3;1-6H/t7-;/m1./s1. The lowest BCUT2D eigenvalue weighted by Crippen LogP contribution is -2.39. The van der Waals surface area contributed by atoms with Crippen LogP contribution in [0.2, 0.25) is 0 Å². The number of hydrogen-bond donors (Lipinski definition) is 0. The van der Waals surface area contributed by atoms with Crippen LogP contribution in [0.5, 0.6) is 0 Å². The van der Waals surface area contributed by atoms with Crippen molar-refractivity contribution in [1.29, 1.82) is 0 Å². The van der Waals surface area contributed by atoms with Gasteiger partial charge in [-0.2, -0.15) is 0 Å². The van der Waals surface area contributed by atoms with E-state index < -0.39 is 0 Å². The van der Waals surface area contributed by atoms with Crippen LogP contribution in [0.25, 0.3) is 0 Å². The van der Waals surface area contributed by atoms with Gasteiger partial charge < -0.3 is 4.74 Å². The number of amides is 1. The highest BCUT2D eigenvalue weighted by Gasteiger charge is 2.29. The molecule has 106 valence electrons. The molecule has 2 rings (SSSR count). The molecule has 1 fully saturated rings. The van der Waals surface area contributed by atoms with Gasteiger partial charge in [-0.15, -0.1) is 11.8 Å². The highest BCUT2D eigenvalue weighted by molar-refractivity contribution is 7.99. The number of carbonyl (C=O) groups excluding carboxylic acids is 1. The number of rotatable bonds is 0. The van der Waals surface area contributed by atoms with Crippen molar-refractivity contribution in [1.82, 2.24) is 4.90 Å². The van der Waals surface area contributed by atoms with Crippen molar-refractivity contribution in [3.05, 3.63) is 36.4 Å². The number of hydrogen-bond acceptors (Lipinski definition) is 3. The summed E-state index contributed by atoms with van der Waals surface area (Å²) in [6.07, 6.45) is -0.190. The number of carbonyl (C=O) groups is 1. The minimum absolute atomic E-state index is 0.190. The molecule has 1 aliphatic heterocycles. The van der Waals surface area contributed by atoms with E-state index in [4.69, 9.17) is 4.74 Å². The van der Waals surface area contributed by atoms with E-state index in [1.165, 1.54) is 0 Å². The molecular weight excluding hydrogens is 258 g/mol. The summed E-state index contributed by atoms with van der Waals surface area (Å²) in [6.45, 7) is 7.71. The molecule has 0 unspecified atom stereocenters. The minimum Gasteiger partial charge on any atom is -0.444 e. The predicted molar refractivity (Wildman–Crippen MR) is 81.3 cm³/mol. The second-order valence-corrected chi connectivity index (χ2v) is 6.45. The SMILES string of the molecule is C[C@@H]1CSCN1C(=O)OC(C)(C)C.c1ccccc1. The molecule has 0 radical (unpaired) electrons. The Balaban J connectivity index is 0.000000250. The van der Waals surface area contributed by atoms with Gasteiger partial charge in [0, 0.05) is 11.8 Å². The zero-order valence-electron chi connectivity index (χ0n) is 12.1. The van der Waals surface area contributed by atoms with Crippen LogP contribution in [0.15, 0.2) is 36.4 Å². The summed E-state index contributed by atoms with van der Waals surface area (Å²) in [4.78, 5) is 13.3. The Morgan fingerprint density at radius 3 is 1.95 bits per heavy atom. The number of nitrogens with zero attached hydrogens (tertiary/aromatic N) is 1. The summed E-state index contributed by atoms with van der Waals surface area (Å²) in [6, 6.07) is 12.3. The van der Waals surface area contributed by atoms with Gasteiger partial charge in [-0.25, -0.2) is 4.79 Å². The molecule has 1 atom stereocenters. The van der Waals surface area contributed by atoms with Crippen LogP contribution in [-0.4, -0.2) is 34.3 Å². The van der Waals surface area contributed by atoms with E-state index in [0.29, 0.717) is 6.04 Å². The Morgan fingerprint density at radius 1 is 1.16 bits per heavy atom. The highest BCUT2D eigenvalue weighted by Crippen LogP contribution is 2.22. The van der Waals surface area contributed by atoms with E-state index in [1.54, 1.807) is 16.7 Å². The van der Waals surface area contributed by atoms with Crippen LogP contribution in [0.4, 0.5) is 4.79 Å². The van der Waals surface area contributed by atoms with Crippen LogP contribution in [-0.2, 0) is 4.74 Å². The molecule has 1 amide bonds. The smallest absolute Gasteiger partial charge is 0.411 e. The van der Waals surface area contributed by atoms with E-state index in [0.717, 1.165) is 11.6 Å². The second-order valence-electron chi connectivity index (χ2n) is 5.45. The maximum atomic E-state index is 11.6. The van der Waals surface area contributed by atoms with Crippen LogP contribution in [0.3, 0.4) is 0 Å². The molecular formula is C15H23NO2S. The molecule has 1 aliphatic rings. The van der Waals surface area contributed by atoms with Gasteiger partial charge in [0.05, 0.1) is 5.88 Å². The summed E-state index contributed by atoms with van der Waals surface area (Å²) < 4.78 is 5.27. The van der Waals surface area contributed by atoms with Crippen LogP contribution >= 0.6 is 11.8 Å². The summed E-state index contributed by atoms with van der Waals surface area (Å²) in [7, 11) is 0. The number of thioether (sulfide) groups is 1. The van der Waals surface area contributed by atoms with Gasteiger partial charge in [-0.1, -0.05) is 36.4 Å². The van der Waals surface area contributed by atoms with Crippen molar-refractivity contribution in [2.75, 3.05) is 11.6 Å². The molecule has 19 heavy (non-hydrogen) atoms. The Bertz CT molecular complexity index is 349. The van der Waals surface area contributed by atoms with Gasteiger partial charge in [0.2, 0.25) is 0 Å². The van der Waals surface area contributed by atoms with Crippen LogP contribution in [0.1, 0.15) is 27.7 Å². The zero-order chi connectivity index (χ0) is 14.3. The Hall–Kier alpha value is -1.16. The zero-order valence-corrected chi connectivity index (χ0v) is 12.9. The first-order valence-corrected chi connectivity index (χ1v) is 7.63. The first-order chi connectivity index (χ1) is 8.90.